The molecule has 0 amide bonds. The minimum atomic E-state index is -0.794. The highest BCUT2D eigenvalue weighted by atomic mass is 16.6. The van der Waals surface area contributed by atoms with Gasteiger partial charge in [-0.3, -0.25) is 38.7 Å². The Balaban J connectivity index is 6.25. The first kappa shape index (κ1) is 47.2. The zero-order valence-corrected chi connectivity index (χ0v) is 33.5. The van der Waals surface area contributed by atoms with Crippen LogP contribution in [0.1, 0.15) is 110 Å². The van der Waals surface area contributed by atoms with E-state index in [2.05, 4.69) is 0 Å². The molecule has 0 rings (SSSR count). The third kappa shape index (κ3) is 26.1. The van der Waals surface area contributed by atoms with Gasteiger partial charge in [-0.25, -0.2) is 0 Å². The van der Waals surface area contributed by atoms with Gasteiger partial charge in [-0.2, -0.15) is 0 Å². The predicted molar refractivity (Wildman–Crippen MR) is 189 cm³/mol. The van der Waals surface area contributed by atoms with Gasteiger partial charge in [-0.1, -0.05) is 0 Å². The molecule has 0 aliphatic carbocycles. The first-order valence-electron chi connectivity index (χ1n) is 17.3. The Morgan fingerprint density at radius 3 is 1.00 bits per heavy atom. The molecule has 14 heteroatoms. The second kappa shape index (κ2) is 19.7. The largest absolute Gasteiger partial charge is 0.459 e. The first-order valence-corrected chi connectivity index (χ1v) is 17.3. The molecule has 0 bridgehead atoms. The lowest BCUT2D eigenvalue weighted by molar-refractivity contribution is -0.164. The van der Waals surface area contributed by atoms with Crippen molar-refractivity contribution in [1.29, 1.82) is 0 Å². The Kier molecular flexibility index (Phi) is 18.6. The van der Waals surface area contributed by atoms with Gasteiger partial charge in [0, 0.05) is 25.7 Å². The van der Waals surface area contributed by atoms with Gasteiger partial charge in [0.15, 0.2) is 0 Å². The molecular formula is C36H67N3O11. The highest BCUT2D eigenvalue weighted by Gasteiger charge is 2.31. The summed E-state index contributed by atoms with van der Waals surface area (Å²) in [4.78, 5) is 69.1. The molecule has 0 radical (unpaired) electrons. The molecule has 14 nitrogen and oxygen atoms in total. The van der Waals surface area contributed by atoms with Crippen molar-refractivity contribution in [3.63, 3.8) is 0 Å². The van der Waals surface area contributed by atoms with Crippen molar-refractivity contribution in [3.8, 4) is 0 Å². The number of carbonyl (C=O) groups is 5. The lowest BCUT2D eigenvalue weighted by Crippen LogP contribution is -2.52. The van der Waals surface area contributed by atoms with Crippen LogP contribution in [0, 0.1) is 0 Å². The zero-order chi connectivity index (χ0) is 39.3. The monoisotopic (exact) mass is 717 g/mol. The molecule has 0 aromatic heterocycles. The van der Waals surface area contributed by atoms with E-state index in [0.29, 0.717) is 6.42 Å². The van der Waals surface area contributed by atoms with Crippen molar-refractivity contribution in [2.75, 3.05) is 59.0 Å². The van der Waals surface area contributed by atoms with Gasteiger partial charge in [0.1, 0.15) is 28.0 Å². The second-order valence-electron chi connectivity index (χ2n) is 17.5. The molecule has 0 spiro atoms. The van der Waals surface area contributed by atoms with Crippen molar-refractivity contribution >= 4 is 29.8 Å². The average molecular weight is 718 g/mol. The number of aliphatic hydroxyl groups is 1. The highest BCUT2D eigenvalue weighted by Crippen LogP contribution is 2.15. The average Bonchev–Trinajstić information content (AvgIpc) is 2.80. The maximum Gasteiger partial charge on any atom is 0.320 e. The fraction of sp³-hybridized carbons (Fsp3) is 0.861. The molecule has 0 saturated heterocycles. The number of aliphatic hydroxyl groups excluding tert-OH is 1. The topological polar surface area (TPSA) is 161 Å². The molecular weight excluding hydrogens is 650 g/mol. The van der Waals surface area contributed by atoms with Crippen molar-refractivity contribution in [2.24, 2.45) is 0 Å². The summed E-state index contributed by atoms with van der Waals surface area (Å²) in [6.45, 7) is 25.1. The van der Waals surface area contributed by atoms with Crippen molar-refractivity contribution in [2.45, 2.75) is 144 Å². The molecule has 292 valence electrons. The van der Waals surface area contributed by atoms with E-state index in [4.69, 9.17) is 23.7 Å². The highest BCUT2D eigenvalue weighted by molar-refractivity contribution is 5.76. The number of carbonyl (C=O) groups excluding carboxylic acids is 5. The van der Waals surface area contributed by atoms with Crippen molar-refractivity contribution < 1.29 is 52.8 Å². The van der Waals surface area contributed by atoms with Gasteiger partial charge >= 0.3 is 29.8 Å². The van der Waals surface area contributed by atoms with Crippen LogP contribution in [0.3, 0.4) is 0 Å². The molecule has 0 aliphatic heterocycles. The SMILES string of the molecule is CC(C)(C)OC(=O)CN(CCCN(CC(=O)OC(C)(C)C)CC(CO)N(CC(=O)OC(C)(C)C)CC(=O)OC(C)(C)C)CC(=O)OC(C)(C)C. The Bertz CT molecular complexity index is 1050. The summed E-state index contributed by atoms with van der Waals surface area (Å²) < 4.78 is 27.5. The van der Waals surface area contributed by atoms with Gasteiger partial charge in [0.05, 0.1) is 39.3 Å². The van der Waals surface area contributed by atoms with Gasteiger partial charge < -0.3 is 28.8 Å². The summed E-state index contributed by atoms with van der Waals surface area (Å²) in [6.07, 6.45) is 0.380. The molecule has 50 heavy (non-hydrogen) atoms. The Labute approximate surface area is 300 Å². The Hall–Kier alpha value is -2.81. The summed E-state index contributed by atoms with van der Waals surface area (Å²) in [7, 11) is 0. The van der Waals surface area contributed by atoms with Gasteiger partial charge in [0.2, 0.25) is 0 Å². The molecule has 1 atom stereocenters. The van der Waals surface area contributed by atoms with Crippen LogP contribution in [0.15, 0.2) is 0 Å². The zero-order valence-electron chi connectivity index (χ0n) is 33.5. The van der Waals surface area contributed by atoms with E-state index in [1.807, 2.05) is 0 Å². The quantitative estimate of drug-likeness (QED) is 0.162. The normalized spacial score (nSPS) is 13.7. The van der Waals surface area contributed by atoms with E-state index in [-0.39, 0.29) is 52.4 Å². The first-order chi connectivity index (χ1) is 22.4. The third-order valence-electron chi connectivity index (χ3n) is 5.97. The van der Waals surface area contributed by atoms with Gasteiger partial charge in [-0.15, -0.1) is 0 Å². The standard InChI is InChI=1S/C36H67N3O11/c1-32(2,3)46-27(41)20-37(17-16-18-38(21-28(42)47-33(4,5)6)22-29(43)48-34(7,8)9)19-26(25-40)39(23-30(44)49-35(10,11)12)24-31(45)50-36(13,14)15/h26,40H,16-25H2,1-15H3. The smallest absolute Gasteiger partial charge is 0.320 e. The lowest BCUT2D eigenvalue weighted by Gasteiger charge is -2.35. The Morgan fingerprint density at radius 2 is 0.720 bits per heavy atom. The molecule has 0 saturated carbocycles. The van der Waals surface area contributed by atoms with Crippen LogP contribution in [0.25, 0.3) is 0 Å². The summed E-state index contributed by atoms with van der Waals surface area (Å²) >= 11 is 0. The maximum atomic E-state index is 13.0. The van der Waals surface area contributed by atoms with Gasteiger partial charge in [-0.05, 0) is 110 Å². The maximum absolute atomic E-state index is 13.0. The van der Waals surface area contributed by atoms with Crippen molar-refractivity contribution in [3.05, 3.63) is 0 Å². The molecule has 1 N–H and O–H groups in total. The summed E-state index contributed by atoms with van der Waals surface area (Å²) in [6, 6.07) is -0.794. The van der Waals surface area contributed by atoms with Crippen molar-refractivity contribution in [1.82, 2.24) is 14.7 Å². The summed E-state index contributed by atoms with van der Waals surface area (Å²) in [5, 5.41) is 10.6. The molecule has 0 heterocycles. The van der Waals surface area contributed by atoms with E-state index in [9.17, 15) is 29.1 Å². The molecule has 0 aliphatic rings. The second-order valence-corrected chi connectivity index (χ2v) is 17.5. The van der Waals surface area contributed by atoms with Crippen LogP contribution in [0.4, 0.5) is 0 Å². The molecule has 0 aromatic rings. The molecule has 0 fully saturated rings. The van der Waals surface area contributed by atoms with E-state index in [0.717, 1.165) is 0 Å². The minimum absolute atomic E-state index is 0.0550. The van der Waals surface area contributed by atoms with Crippen LogP contribution in [0.2, 0.25) is 0 Å². The van der Waals surface area contributed by atoms with Crippen LogP contribution >= 0.6 is 0 Å². The Morgan fingerprint density at radius 1 is 0.460 bits per heavy atom. The summed E-state index contributed by atoms with van der Waals surface area (Å²) in [5.41, 5.74) is -3.76. The third-order valence-corrected chi connectivity index (χ3v) is 5.97. The minimum Gasteiger partial charge on any atom is -0.459 e. The predicted octanol–water partition coefficient (Wildman–Crippen LogP) is 3.35. The molecule has 1 unspecified atom stereocenters. The fourth-order valence-electron chi connectivity index (χ4n) is 4.62. The lowest BCUT2D eigenvalue weighted by atomic mass is 10.2. The number of hydrogen-bond donors (Lipinski definition) is 1. The summed E-state index contributed by atoms with van der Waals surface area (Å²) in [5.74, 6) is -2.73. The van der Waals surface area contributed by atoms with Crippen LogP contribution < -0.4 is 0 Å². The molecule has 0 aromatic carbocycles. The van der Waals surface area contributed by atoms with E-state index >= 15 is 0 Å². The van der Waals surface area contributed by atoms with Crippen LogP contribution in [0.5, 0.6) is 0 Å². The van der Waals surface area contributed by atoms with Gasteiger partial charge in [0.25, 0.3) is 0 Å². The van der Waals surface area contributed by atoms with E-state index < -0.39 is 70.5 Å². The van der Waals surface area contributed by atoms with Crippen LogP contribution in [-0.2, 0) is 47.7 Å². The number of rotatable bonds is 18. The number of hydrogen-bond acceptors (Lipinski definition) is 14. The van der Waals surface area contributed by atoms with E-state index in [1.165, 1.54) is 4.90 Å². The number of nitrogens with zero attached hydrogens (tertiary/aromatic N) is 3. The van der Waals surface area contributed by atoms with E-state index in [1.54, 1.807) is 114 Å². The fourth-order valence-corrected chi connectivity index (χ4v) is 4.62. The number of esters is 5. The number of ether oxygens (including phenoxy) is 5. The van der Waals surface area contributed by atoms with Crippen LogP contribution in [-0.4, -0.2) is 143 Å².